The van der Waals surface area contributed by atoms with Crippen LogP contribution in [0.4, 0.5) is 5.95 Å². The van der Waals surface area contributed by atoms with Crippen LogP contribution in [0.15, 0.2) is 29.5 Å². The first-order chi connectivity index (χ1) is 8.20. The lowest BCUT2D eigenvalue weighted by molar-refractivity contribution is 0.697. The maximum atomic E-state index is 11.7. The number of hydrogen-bond acceptors (Lipinski definition) is 5. The standard InChI is InChI=1S/C11H13N5O/c1-8-9(4-3-5-13-8)6-16-7-14-10(12-2)15-11(16)17/h3-5,7H,6H2,1-2H3,(H,12,15,17). The van der Waals surface area contributed by atoms with Crippen LogP contribution < -0.4 is 11.0 Å². The van der Waals surface area contributed by atoms with Gasteiger partial charge in [-0.05, 0) is 18.6 Å². The lowest BCUT2D eigenvalue weighted by Gasteiger charge is -2.07. The Morgan fingerprint density at radius 2 is 2.24 bits per heavy atom. The first-order valence-corrected chi connectivity index (χ1v) is 5.22. The molecule has 0 spiro atoms. The van der Waals surface area contributed by atoms with E-state index in [0.29, 0.717) is 12.5 Å². The summed E-state index contributed by atoms with van der Waals surface area (Å²) in [6.07, 6.45) is 3.20. The maximum Gasteiger partial charge on any atom is 0.352 e. The molecule has 2 aromatic rings. The molecule has 0 fully saturated rings. The Morgan fingerprint density at radius 1 is 1.41 bits per heavy atom. The van der Waals surface area contributed by atoms with E-state index in [1.165, 1.54) is 10.9 Å². The van der Waals surface area contributed by atoms with Gasteiger partial charge in [0.15, 0.2) is 0 Å². The van der Waals surface area contributed by atoms with Gasteiger partial charge in [-0.15, -0.1) is 0 Å². The van der Waals surface area contributed by atoms with Gasteiger partial charge < -0.3 is 5.32 Å². The average molecular weight is 231 g/mol. The number of anilines is 1. The van der Waals surface area contributed by atoms with Crippen molar-refractivity contribution in [3.63, 3.8) is 0 Å². The summed E-state index contributed by atoms with van der Waals surface area (Å²) >= 11 is 0. The predicted molar refractivity (Wildman–Crippen MR) is 63.9 cm³/mol. The molecule has 0 radical (unpaired) electrons. The van der Waals surface area contributed by atoms with Crippen molar-refractivity contribution >= 4 is 5.95 Å². The van der Waals surface area contributed by atoms with E-state index in [2.05, 4.69) is 20.3 Å². The number of nitrogens with one attached hydrogen (secondary N) is 1. The molecule has 6 nitrogen and oxygen atoms in total. The topological polar surface area (TPSA) is 72.7 Å². The van der Waals surface area contributed by atoms with Crippen molar-refractivity contribution in [1.29, 1.82) is 0 Å². The second-order valence-corrected chi connectivity index (χ2v) is 3.59. The molecule has 0 aliphatic rings. The SMILES string of the molecule is CNc1ncn(Cc2cccnc2C)c(=O)n1. The fourth-order valence-corrected chi connectivity index (χ4v) is 1.45. The zero-order chi connectivity index (χ0) is 12.3. The number of aryl methyl sites for hydroxylation is 1. The highest BCUT2D eigenvalue weighted by Crippen LogP contribution is 2.04. The Balaban J connectivity index is 2.31. The van der Waals surface area contributed by atoms with E-state index < -0.39 is 0 Å². The summed E-state index contributed by atoms with van der Waals surface area (Å²) in [6.45, 7) is 2.34. The Bertz CT molecular complexity index is 578. The van der Waals surface area contributed by atoms with E-state index in [0.717, 1.165) is 11.3 Å². The van der Waals surface area contributed by atoms with E-state index in [9.17, 15) is 4.79 Å². The summed E-state index contributed by atoms with van der Waals surface area (Å²) < 4.78 is 1.45. The summed E-state index contributed by atoms with van der Waals surface area (Å²) in [5.74, 6) is 0.328. The van der Waals surface area contributed by atoms with Gasteiger partial charge in [0, 0.05) is 18.9 Å². The van der Waals surface area contributed by atoms with Crippen molar-refractivity contribution < 1.29 is 0 Å². The molecule has 88 valence electrons. The van der Waals surface area contributed by atoms with Crippen LogP contribution in [0, 0.1) is 6.92 Å². The molecule has 0 aliphatic heterocycles. The number of nitrogens with zero attached hydrogens (tertiary/aromatic N) is 4. The molecule has 1 N–H and O–H groups in total. The van der Waals surface area contributed by atoms with Crippen molar-refractivity contribution in [2.24, 2.45) is 0 Å². The van der Waals surface area contributed by atoms with E-state index in [1.54, 1.807) is 13.2 Å². The number of aromatic nitrogens is 4. The van der Waals surface area contributed by atoms with Gasteiger partial charge in [0.1, 0.15) is 6.33 Å². The van der Waals surface area contributed by atoms with Crippen molar-refractivity contribution in [2.45, 2.75) is 13.5 Å². The third-order valence-corrected chi connectivity index (χ3v) is 2.45. The monoisotopic (exact) mass is 231 g/mol. The predicted octanol–water partition coefficient (Wildman–Crippen LogP) is 0.432. The highest BCUT2D eigenvalue weighted by Gasteiger charge is 2.03. The molecule has 0 bridgehead atoms. The quantitative estimate of drug-likeness (QED) is 0.829. The van der Waals surface area contributed by atoms with E-state index >= 15 is 0 Å². The van der Waals surface area contributed by atoms with Gasteiger partial charge in [0.2, 0.25) is 5.95 Å². The largest absolute Gasteiger partial charge is 0.357 e. The van der Waals surface area contributed by atoms with Crippen molar-refractivity contribution in [3.05, 3.63) is 46.4 Å². The highest BCUT2D eigenvalue weighted by molar-refractivity contribution is 5.21. The summed E-state index contributed by atoms with van der Waals surface area (Å²) in [7, 11) is 1.67. The molecule has 6 heteroatoms. The molecule has 0 aliphatic carbocycles. The van der Waals surface area contributed by atoms with E-state index in [1.807, 2.05) is 19.1 Å². The Hall–Kier alpha value is -2.24. The van der Waals surface area contributed by atoms with Gasteiger partial charge in [-0.3, -0.25) is 9.55 Å². The highest BCUT2D eigenvalue weighted by atomic mass is 16.1. The van der Waals surface area contributed by atoms with Gasteiger partial charge in [0.05, 0.1) is 6.54 Å². The van der Waals surface area contributed by atoms with Crippen molar-refractivity contribution in [2.75, 3.05) is 12.4 Å². The van der Waals surface area contributed by atoms with Crippen LogP contribution in [0.5, 0.6) is 0 Å². The fourth-order valence-electron chi connectivity index (χ4n) is 1.45. The molecular formula is C11H13N5O. The Kier molecular flexibility index (Phi) is 3.13. The van der Waals surface area contributed by atoms with E-state index in [-0.39, 0.29) is 5.69 Å². The van der Waals surface area contributed by atoms with Crippen molar-refractivity contribution in [3.8, 4) is 0 Å². The van der Waals surface area contributed by atoms with Gasteiger partial charge in [-0.2, -0.15) is 4.98 Å². The smallest absolute Gasteiger partial charge is 0.352 e. The molecule has 2 heterocycles. The third-order valence-electron chi connectivity index (χ3n) is 2.45. The molecule has 17 heavy (non-hydrogen) atoms. The van der Waals surface area contributed by atoms with Crippen LogP contribution in [0.2, 0.25) is 0 Å². The normalized spacial score (nSPS) is 10.2. The molecule has 0 atom stereocenters. The zero-order valence-electron chi connectivity index (χ0n) is 9.71. The first-order valence-electron chi connectivity index (χ1n) is 5.22. The second kappa shape index (κ2) is 4.73. The minimum atomic E-state index is -0.326. The Labute approximate surface area is 98.4 Å². The van der Waals surface area contributed by atoms with Gasteiger partial charge in [0.25, 0.3) is 0 Å². The summed E-state index contributed by atoms with van der Waals surface area (Å²) in [5, 5.41) is 2.72. The third kappa shape index (κ3) is 2.47. The van der Waals surface area contributed by atoms with Crippen LogP contribution in [-0.4, -0.2) is 26.6 Å². The summed E-state index contributed by atoms with van der Waals surface area (Å²) in [4.78, 5) is 23.6. The lowest BCUT2D eigenvalue weighted by atomic mass is 10.2. The molecular weight excluding hydrogens is 218 g/mol. The van der Waals surface area contributed by atoms with Crippen LogP contribution in [0.3, 0.4) is 0 Å². The fraction of sp³-hybridized carbons (Fsp3) is 0.273. The minimum Gasteiger partial charge on any atom is -0.357 e. The zero-order valence-corrected chi connectivity index (χ0v) is 9.71. The van der Waals surface area contributed by atoms with Gasteiger partial charge in [-0.1, -0.05) is 6.07 Å². The number of hydrogen-bond donors (Lipinski definition) is 1. The van der Waals surface area contributed by atoms with Gasteiger partial charge in [-0.25, -0.2) is 9.78 Å². The molecule has 0 aromatic carbocycles. The van der Waals surface area contributed by atoms with E-state index in [4.69, 9.17) is 0 Å². The first kappa shape index (κ1) is 11.3. The van der Waals surface area contributed by atoms with Crippen molar-refractivity contribution in [1.82, 2.24) is 19.5 Å². The number of pyridine rings is 1. The average Bonchev–Trinajstić information content (AvgIpc) is 2.34. The lowest BCUT2D eigenvalue weighted by Crippen LogP contribution is -2.25. The van der Waals surface area contributed by atoms with Crippen LogP contribution >= 0.6 is 0 Å². The maximum absolute atomic E-state index is 11.7. The van der Waals surface area contributed by atoms with Crippen LogP contribution in [0.1, 0.15) is 11.3 Å². The number of rotatable bonds is 3. The molecule has 0 saturated carbocycles. The second-order valence-electron chi connectivity index (χ2n) is 3.59. The molecule has 2 rings (SSSR count). The van der Waals surface area contributed by atoms with Gasteiger partial charge >= 0.3 is 5.69 Å². The summed E-state index contributed by atoms with van der Waals surface area (Å²) in [6, 6.07) is 3.77. The minimum absolute atomic E-state index is 0.326. The van der Waals surface area contributed by atoms with Crippen LogP contribution in [0.25, 0.3) is 0 Å². The molecule has 0 amide bonds. The molecule has 2 aromatic heterocycles. The molecule has 0 saturated heterocycles. The Morgan fingerprint density at radius 3 is 2.88 bits per heavy atom. The summed E-state index contributed by atoms with van der Waals surface area (Å²) in [5.41, 5.74) is 1.56. The molecule has 0 unspecified atom stereocenters. The van der Waals surface area contributed by atoms with Crippen LogP contribution in [-0.2, 0) is 6.54 Å².